The number of carbonyl (C=O) groups is 2. The van der Waals surface area contributed by atoms with Crippen molar-refractivity contribution in [3.8, 4) is 0 Å². The minimum atomic E-state index is -0.962. The van der Waals surface area contributed by atoms with Gasteiger partial charge in [-0.3, -0.25) is 4.79 Å². The lowest BCUT2D eigenvalue weighted by Gasteiger charge is -2.20. The molecule has 5 heteroatoms. The summed E-state index contributed by atoms with van der Waals surface area (Å²) in [7, 11) is 0. The van der Waals surface area contributed by atoms with Gasteiger partial charge < -0.3 is 14.6 Å². The average Bonchev–Trinajstić information content (AvgIpc) is 2.64. The van der Waals surface area contributed by atoms with Crippen LogP contribution in [0.15, 0.2) is 18.5 Å². The zero-order valence-electron chi connectivity index (χ0n) is 10.3. The van der Waals surface area contributed by atoms with E-state index in [4.69, 9.17) is 5.11 Å². The molecule has 0 saturated carbocycles. The van der Waals surface area contributed by atoms with Gasteiger partial charge in [0.25, 0.3) is 0 Å². The number of aromatic carboxylic acids is 1. The minimum Gasteiger partial charge on any atom is -0.478 e. The Hall–Kier alpha value is -1.78. The van der Waals surface area contributed by atoms with Crippen LogP contribution in [-0.4, -0.2) is 39.5 Å². The molecule has 5 nitrogen and oxygen atoms in total. The number of carboxylic acids is 1. The number of hydrogen-bond acceptors (Lipinski definition) is 2. The molecule has 0 spiro atoms. The molecule has 0 unspecified atom stereocenters. The summed E-state index contributed by atoms with van der Waals surface area (Å²) in [6.07, 6.45) is 7.65. The molecular formula is C13H18N2O3. The quantitative estimate of drug-likeness (QED) is 0.886. The molecule has 1 amide bonds. The van der Waals surface area contributed by atoms with Crippen molar-refractivity contribution < 1.29 is 14.7 Å². The van der Waals surface area contributed by atoms with Gasteiger partial charge in [-0.1, -0.05) is 12.8 Å². The average molecular weight is 250 g/mol. The van der Waals surface area contributed by atoms with Gasteiger partial charge >= 0.3 is 5.97 Å². The van der Waals surface area contributed by atoms with E-state index < -0.39 is 5.97 Å². The fourth-order valence-electron chi connectivity index (χ4n) is 2.24. The molecule has 2 rings (SSSR count). The molecule has 0 atom stereocenters. The summed E-state index contributed by atoms with van der Waals surface area (Å²) in [5, 5.41) is 8.81. The Morgan fingerprint density at radius 2 is 1.83 bits per heavy atom. The van der Waals surface area contributed by atoms with Crippen LogP contribution in [0.4, 0.5) is 0 Å². The van der Waals surface area contributed by atoms with Crippen LogP contribution in [-0.2, 0) is 11.3 Å². The third-order valence-corrected chi connectivity index (χ3v) is 3.27. The summed E-state index contributed by atoms with van der Waals surface area (Å²) in [5.74, 6) is -0.889. The molecule has 98 valence electrons. The van der Waals surface area contributed by atoms with Crippen molar-refractivity contribution in [3.63, 3.8) is 0 Å². The summed E-state index contributed by atoms with van der Waals surface area (Å²) < 4.78 is 1.64. The van der Waals surface area contributed by atoms with Gasteiger partial charge in [-0.2, -0.15) is 0 Å². The van der Waals surface area contributed by atoms with Crippen molar-refractivity contribution in [1.29, 1.82) is 0 Å². The highest BCUT2D eigenvalue weighted by Crippen LogP contribution is 2.10. The number of amides is 1. The van der Waals surface area contributed by atoms with Gasteiger partial charge in [0.1, 0.15) is 6.54 Å². The lowest BCUT2D eigenvalue weighted by Crippen LogP contribution is -2.34. The maximum absolute atomic E-state index is 12.1. The minimum absolute atomic E-state index is 0.0736. The summed E-state index contributed by atoms with van der Waals surface area (Å²) in [5.41, 5.74) is 0.221. The van der Waals surface area contributed by atoms with Crippen molar-refractivity contribution in [2.75, 3.05) is 13.1 Å². The Labute approximate surface area is 106 Å². The first-order valence-electron chi connectivity index (χ1n) is 6.33. The Balaban J connectivity index is 1.94. The van der Waals surface area contributed by atoms with Crippen molar-refractivity contribution in [2.24, 2.45) is 0 Å². The predicted octanol–water partition coefficient (Wildman–Crippen LogP) is 1.59. The summed E-state index contributed by atoms with van der Waals surface area (Å²) in [6, 6.07) is 1.51. The van der Waals surface area contributed by atoms with Gasteiger partial charge in [-0.15, -0.1) is 0 Å². The smallest absolute Gasteiger partial charge is 0.337 e. The highest BCUT2D eigenvalue weighted by atomic mass is 16.4. The Morgan fingerprint density at radius 1 is 1.17 bits per heavy atom. The van der Waals surface area contributed by atoms with Gasteiger partial charge in [-0.05, 0) is 18.9 Å². The summed E-state index contributed by atoms with van der Waals surface area (Å²) in [4.78, 5) is 24.7. The van der Waals surface area contributed by atoms with E-state index in [2.05, 4.69) is 0 Å². The van der Waals surface area contributed by atoms with Gasteiger partial charge in [-0.25, -0.2) is 4.79 Å². The maximum Gasteiger partial charge on any atom is 0.337 e. The monoisotopic (exact) mass is 250 g/mol. The maximum atomic E-state index is 12.1. The van der Waals surface area contributed by atoms with E-state index in [0.29, 0.717) is 0 Å². The normalized spacial score (nSPS) is 16.3. The zero-order chi connectivity index (χ0) is 13.0. The molecule has 0 aromatic carbocycles. The molecule has 0 bridgehead atoms. The number of hydrogen-bond donors (Lipinski definition) is 1. The highest BCUT2D eigenvalue weighted by Gasteiger charge is 2.16. The van der Waals surface area contributed by atoms with Crippen molar-refractivity contribution in [1.82, 2.24) is 9.47 Å². The highest BCUT2D eigenvalue weighted by molar-refractivity contribution is 5.87. The second kappa shape index (κ2) is 5.71. The second-order valence-electron chi connectivity index (χ2n) is 4.67. The topological polar surface area (TPSA) is 62.5 Å². The van der Waals surface area contributed by atoms with E-state index >= 15 is 0 Å². The standard InChI is InChI=1S/C13H18N2O3/c16-12(15-6-3-1-2-4-7-15)10-14-8-5-11(9-14)13(17)18/h5,8-9H,1-4,6-7,10H2,(H,17,18). The molecule has 1 aromatic heterocycles. The molecule has 1 aliphatic heterocycles. The SMILES string of the molecule is O=C(O)c1ccn(CC(=O)N2CCCCCC2)c1. The van der Waals surface area contributed by atoms with Crippen LogP contribution in [0, 0.1) is 0 Å². The van der Waals surface area contributed by atoms with Crippen molar-refractivity contribution in [3.05, 3.63) is 24.0 Å². The molecule has 1 N–H and O–H groups in total. The van der Waals surface area contributed by atoms with Crippen LogP contribution < -0.4 is 0 Å². The van der Waals surface area contributed by atoms with E-state index in [1.807, 2.05) is 4.90 Å². The molecule has 18 heavy (non-hydrogen) atoms. The number of aromatic nitrogens is 1. The van der Waals surface area contributed by atoms with Gasteiger partial charge in [0.15, 0.2) is 0 Å². The van der Waals surface area contributed by atoms with Crippen LogP contribution in [0.25, 0.3) is 0 Å². The number of nitrogens with zero attached hydrogens (tertiary/aromatic N) is 2. The Kier molecular flexibility index (Phi) is 4.02. The van der Waals surface area contributed by atoms with Crippen LogP contribution in [0.2, 0.25) is 0 Å². The van der Waals surface area contributed by atoms with E-state index in [1.165, 1.54) is 25.1 Å². The number of rotatable bonds is 3. The Morgan fingerprint density at radius 3 is 2.39 bits per heavy atom. The van der Waals surface area contributed by atoms with Crippen LogP contribution >= 0.6 is 0 Å². The molecule has 0 radical (unpaired) electrons. The first-order valence-corrected chi connectivity index (χ1v) is 6.33. The molecule has 1 saturated heterocycles. The van der Waals surface area contributed by atoms with Crippen molar-refractivity contribution in [2.45, 2.75) is 32.2 Å². The molecule has 1 aromatic rings. The van der Waals surface area contributed by atoms with Gasteiger partial charge in [0.05, 0.1) is 5.56 Å². The first-order chi connectivity index (χ1) is 8.66. The predicted molar refractivity (Wildman–Crippen MR) is 66.4 cm³/mol. The third kappa shape index (κ3) is 3.12. The fraction of sp³-hybridized carbons (Fsp3) is 0.538. The number of carbonyl (C=O) groups excluding carboxylic acids is 1. The first kappa shape index (κ1) is 12.7. The zero-order valence-corrected chi connectivity index (χ0v) is 10.3. The number of likely N-dealkylation sites (tertiary alicyclic amines) is 1. The molecule has 1 fully saturated rings. The largest absolute Gasteiger partial charge is 0.478 e. The summed E-state index contributed by atoms with van der Waals surface area (Å²) in [6.45, 7) is 1.88. The van der Waals surface area contributed by atoms with Crippen LogP contribution in [0.3, 0.4) is 0 Å². The van der Waals surface area contributed by atoms with E-state index in [0.717, 1.165) is 25.9 Å². The van der Waals surface area contributed by atoms with E-state index in [1.54, 1.807) is 10.8 Å². The lowest BCUT2D eigenvalue weighted by atomic mass is 10.2. The van der Waals surface area contributed by atoms with Gasteiger partial charge in [0.2, 0.25) is 5.91 Å². The molecule has 1 aliphatic rings. The lowest BCUT2D eigenvalue weighted by molar-refractivity contribution is -0.131. The summed E-state index contributed by atoms with van der Waals surface area (Å²) >= 11 is 0. The van der Waals surface area contributed by atoms with Crippen LogP contribution in [0.5, 0.6) is 0 Å². The fourth-order valence-corrected chi connectivity index (χ4v) is 2.24. The molecule has 0 aliphatic carbocycles. The molecular weight excluding hydrogens is 232 g/mol. The van der Waals surface area contributed by atoms with E-state index in [9.17, 15) is 9.59 Å². The third-order valence-electron chi connectivity index (χ3n) is 3.27. The van der Waals surface area contributed by atoms with E-state index in [-0.39, 0.29) is 18.0 Å². The van der Waals surface area contributed by atoms with Crippen molar-refractivity contribution >= 4 is 11.9 Å². The molecule has 2 heterocycles. The second-order valence-corrected chi connectivity index (χ2v) is 4.67. The van der Waals surface area contributed by atoms with Crippen LogP contribution in [0.1, 0.15) is 36.0 Å². The number of carboxylic acid groups (broad SMARTS) is 1. The van der Waals surface area contributed by atoms with Gasteiger partial charge in [0, 0.05) is 25.5 Å². The Bertz CT molecular complexity index is 431.